The zero-order chi connectivity index (χ0) is 16.9. The van der Waals surface area contributed by atoms with Crippen molar-refractivity contribution in [2.24, 2.45) is 5.41 Å². The fourth-order valence-corrected chi connectivity index (χ4v) is 4.38. The summed E-state index contributed by atoms with van der Waals surface area (Å²) >= 11 is 0. The Kier molecular flexibility index (Phi) is 3.56. The number of anilines is 1. The van der Waals surface area contributed by atoms with Gasteiger partial charge in [-0.3, -0.25) is 4.79 Å². The summed E-state index contributed by atoms with van der Waals surface area (Å²) in [4.78, 5) is 26.1. The van der Waals surface area contributed by atoms with E-state index < -0.39 is 5.41 Å². The van der Waals surface area contributed by atoms with Crippen LogP contribution in [0.3, 0.4) is 0 Å². The van der Waals surface area contributed by atoms with Gasteiger partial charge in [-0.1, -0.05) is 0 Å². The van der Waals surface area contributed by atoms with Crippen LogP contribution >= 0.6 is 0 Å². The van der Waals surface area contributed by atoms with Crippen molar-refractivity contribution in [3.05, 3.63) is 17.5 Å². The zero-order valence-electron chi connectivity index (χ0n) is 14.6. The molecule has 3 aliphatic rings. The highest BCUT2D eigenvalue weighted by Crippen LogP contribution is 2.49. The molecule has 2 heterocycles. The molecule has 0 bridgehead atoms. The van der Waals surface area contributed by atoms with Gasteiger partial charge in [-0.2, -0.15) is 0 Å². The maximum absolute atomic E-state index is 12.9. The Labute approximate surface area is 142 Å². The number of nitrogens with zero attached hydrogens (tertiary/aromatic N) is 4. The summed E-state index contributed by atoms with van der Waals surface area (Å²) in [5.41, 5.74) is 1.88. The minimum atomic E-state index is -0.472. The van der Waals surface area contributed by atoms with Crippen LogP contribution in [-0.2, 0) is 16.6 Å². The number of likely N-dealkylation sites (tertiary alicyclic amines) is 1. The standard InChI is InChI=1S/C18H26N4O2/c1-21(2)16-19-10-13-4-6-17(14(13)20-16)5-3-9-22(11-17)15(24)18(12-23)7-8-18/h10,23H,3-9,11-12H2,1-2H3. The Balaban J connectivity index is 1.63. The monoisotopic (exact) mass is 330 g/mol. The minimum Gasteiger partial charge on any atom is -0.395 e. The molecule has 0 aromatic carbocycles. The third-order valence-electron chi connectivity index (χ3n) is 6.10. The minimum absolute atomic E-state index is 0.0150. The number of aryl methyl sites for hydroxylation is 1. The first-order valence-corrected chi connectivity index (χ1v) is 8.94. The van der Waals surface area contributed by atoms with Crippen molar-refractivity contribution >= 4 is 11.9 Å². The normalized spacial score (nSPS) is 27.2. The van der Waals surface area contributed by atoms with Crippen molar-refractivity contribution in [3.8, 4) is 0 Å². The topological polar surface area (TPSA) is 69.6 Å². The fourth-order valence-electron chi connectivity index (χ4n) is 4.38. The molecule has 2 aliphatic carbocycles. The van der Waals surface area contributed by atoms with Crippen molar-refractivity contribution in [1.82, 2.24) is 14.9 Å². The lowest BCUT2D eigenvalue weighted by Crippen LogP contribution is -2.50. The molecule has 24 heavy (non-hydrogen) atoms. The van der Waals surface area contributed by atoms with Crippen LogP contribution in [0.25, 0.3) is 0 Å². The average molecular weight is 330 g/mol. The zero-order valence-corrected chi connectivity index (χ0v) is 14.6. The van der Waals surface area contributed by atoms with E-state index in [1.807, 2.05) is 30.1 Å². The van der Waals surface area contributed by atoms with E-state index >= 15 is 0 Å². The number of amides is 1. The van der Waals surface area contributed by atoms with E-state index in [-0.39, 0.29) is 17.9 Å². The molecule has 1 atom stereocenters. The lowest BCUT2D eigenvalue weighted by atomic mass is 9.77. The number of aliphatic hydroxyl groups excluding tert-OH is 1. The van der Waals surface area contributed by atoms with Gasteiger partial charge in [0.2, 0.25) is 11.9 Å². The Morgan fingerprint density at radius 3 is 2.79 bits per heavy atom. The van der Waals surface area contributed by atoms with Gasteiger partial charge in [0.05, 0.1) is 17.7 Å². The molecule has 1 saturated heterocycles. The molecular formula is C18H26N4O2. The molecule has 2 fully saturated rings. The van der Waals surface area contributed by atoms with Crippen LogP contribution in [0.5, 0.6) is 0 Å². The van der Waals surface area contributed by atoms with Crippen LogP contribution in [0.15, 0.2) is 6.20 Å². The van der Waals surface area contributed by atoms with Crippen LogP contribution in [0.4, 0.5) is 5.95 Å². The van der Waals surface area contributed by atoms with Crippen molar-refractivity contribution < 1.29 is 9.90 Å². The first kappa shape index (κ1) is 15.8. The Bertz CT molecular complexity index is 667. The van der Waals surface area contributed by atoms with Crippen molar-refractivity contribution in [3.63, 3.8) is 0 Å². The van der Waals surface area contributed by atoms with Crippen LogP contribution < -0.4 is 4.90 Å². The molecule has 0 radical (unpaired) electrons. The smallest absolute Gasteiger partial charge is 0.231 e. The second-order valence-corrected chi connectivity index (χ2v) is 7.99. The quantitative estimate of drug-likeness (QED) is 0.899. The molecule has 1 aromatic heterocycles. The van der Waals surface area contributed by atoms with Gasteiger partial charge in [0.25, 0.3) is 0 Å². The van der Waals surface area contributed by atoms with Gasteiger partial charge in [-0.05, 0) is 44.1 Å². The summed E-state index contributed by atoms with van der Waals surface area (Å²) in [7, 11) is 3.91. The van der Waals surface area contributed by atoms with Gasteiger partial charge in [0.1, 0.15) is 0 Å². The number of aromatic nitrogens is 2. The number of hydrogen-bond donors (Lipinski definition) is 1. The highest BCUT2D eigenvalue weighted by Gasteiger charge is 2.53. The van der Waals surface area contributed by atoms with Crippen molar-refractivity contribution in [1.29, 1.82) is 0 Å². The second-order valence-electron chi connectivity index (χ2n) is 7.99. The van der Waals surface area contributed by atoms with Gasteiger partial charge in [-0.15, -0.1) is 0 Å². The predicted octanol–water partition coefficient (Wildman–Crippen LogP) is 1.12. The SMILES string of the molecule is CN(C)c1ncc2c(n1)C1(CCCN(C(=O)C3(CO)CC3)C1)CC2. The summed E-state index contributed by atoms with van der Waals surface area (Å²) in [5.74, 6) is 0.895. The summed E-state index contributed by atoms with van der Waals surface area (Å²) in [5, 5.41) is 9.60. The molecule has 1 unspecified atom stereocenters. The van der Waals surface area contributed by atoms with Gasteiger partial charge in [0.15, 0.2) is 0 Å². The van der Waals surface area contributed by atoms with E-state index in [2.05, 4.69) is 4.98 Å². The maximum atomic E-state index is 12.9. The molecule has 130 valence electrons. The molecule has 1 amide bonds. The third kappa shape index (κ3) is 2.31. The number of hydrogen-bond acceptors (Lipinski definition) is 5. The third-order valence-corrected chi connectivity index (χ3v) is 6.10. The first-order chi connectivity index (χ1) is 11.5. The van der Waals surface area contributed by atoms with Crippen LogP contribution in [0.1, 0.15) is 43.4 Å². The van der Waals surface area contributed by atoms with E-state index in [4.69, 9.17) is 4.98 Å². The molecule has 6 heteroatoms. The van der Waals surface area contributed by atoms with E-state index in [1.165, 1.54) is 5.56 Å². The molecule has 6 nitrogen and oxygen atoms in total. The Hall–Kier alpha value is -1.69. The predicted molar refractivity (Wildman–Crippen MR) is 90.9 cm³/mol. The molecule has 1 aliphatic heterocycles. The summed E-state index contributed by atoms with van der Waals surface area (Å²) in [6.07, 6.45) is 7.75. The number of aliphatic hydroxyl groups is 1. The lowest BCUT2D eigenvalue weighted by Gasteiger charge is -2.41. The van der Waals surface area contributed by atoms with Crippen molar-refractivity contribution in [2.75, 3.05) is 38.7 Å². The maximum Gasteiger partial charge on any atom is 0.231 e. The molecule has 1 aromatic rings. The highest BCUT2D eigenvalue weighted by molar-refractivity contribution is 5.85. The summed E-state index contributed by atoms with van der Waals surface area (Å²) in [6, 6.07) is 0. The fraction of sp³-hybridized carbons (Fsp3) is 0.722. The number of carbonyl (C=O) groups is 1. The van der Waals surface area contributed by atoms with E-state index in [1.54, 1.807) is 0 Å². The molecule has 1 spiro atoms. The van der Waals surface area contributed by atoms with Gasteiger partial charge in [0, 0.05) is 38.8 Å². The van der Waals surface area contributed by atoms with Crippen LogP contribution in [0.2, 0.25) is 0 Å². The summed E-state index contributed by atoms with van der Waals surface area (Å²) < 4.78 is 0. The molecule has 4 rings (SSSR count). The van der Waals surface area contributed by atoms with Gasteiger partial charge >= 0.3 is 0 Å². The van der Waals surface area contributed by atoms with E-state index in [0.717, 1.165) is 63.3 Å². The number of carbonyl (C=O) groups excluding carboxylic acids is 1. The van der Waals surface area contributed by atoms with E-state index in [9.17, 15) is 9.90 Å². The van der Waals surface area contributed by atoms with E-state index in [0.29, 0.717) is 0 Å². The largest absolute Gasteiger partial charge is 0.395 e. The van der Waals surface area contributed by atoms with Crippen LogP contribution in [-0.4, -0.2) is 59.7 Å². The molecule has 1 N–H and O–H groups in total. The summed E-state index contributed by atoms with van der Waals surface area (Å²) in [6.45, 7) is 1.53. The molecule has 1 saturated carbocycles. The van der Waals surface area contributed by atoms with Crippen molar-refractivity contribution in [2.45, 2.75) is 43.9 Å². The van der Waals surface area contributed by atoms with Gasteiger partial charge < -0.3 is 14.9 Å². The Morgan fingerprint density at radius 1 is 1.33 bits per heavy atom. The number of piperidine rings is 1. The van der Waals surface area contributed by atoms with Crippen LogP contribution in [0, 0.1) is 5.41 Å². The second kappa shape index (κ2) is 5.41. The number of rotatable bonds is 3. The highest BCUT2D eigenvalue weighted by atomic mass is 16.3. The number of fused-ring (bicyclic) bond motifs is 2. The molecular weight excluding hydrogens is 304 g/mol. The van der Waals surface area contributed by atoms with Gasteiger partial charge in [-0.25, -0.2) is 9.97 Å². The first-order valence-electron chi connectivity index (χ1n) is 8.94. The lowest BCUT2D eigenvalue weighted by molar-refractivity contribution is -0.141. The average Bonchev–Trinajstić information content (AvgIpc) is 3.34. The Morgan fingerprint density at radius 2 is 2.12 bits per heavy atom.